The van der Waals surface area contributed by atoms with Crippen LogP contribution in [0, 0.1) is 0 Å². The number of aromatic nitrogens is 2. The molecule has 3 aromatic carbocycles. The number of hydrogen-bond donors (Lipinski definition) is 0. The van der Waals surface area contributed by atoms with Crippen molar-refractivity contribution in [3.63, 3.8) is 0 Å². The fraction of sp³-hybridized carbons (Fsp3) is 0.235. The SMILES string of the molecule is C(=C\c1cc(-c2ccccc2)c(/C=C/c2ccc(N3CCOCC3)cc2)nn1)/c1ccc(N2CCOCC2)cc1. The molecule has 0 atom stereocenters. The van der Waals surface area contributed by atoms with Crippen LogP contribution in [0.25, 0.3) is 35.4 Å². The predicted octanol–water partition coefficient (Wildman–Crippen LogP) is 6.16. The molecular formula is C34H34N4O2. The normalized spacial score (nSPS) is 16.2. The summed E-state index contributed by atoms with van der Waals surface area (Å²) >= 11 is 0. The van der Waals surface area contributed by atoms with Crippen LogP contribution in [-0.2, 0) is 9.47 Å². The highest BCUT2D eigenvalue weighted by atomic mass is 16.5. The van der Waals surface area contributed by atoms with Crippen LogP contribution in [0.5, 0.6) is 0 Å². The molecule has 2 aliphatic heterocycles. The zero-order valence-corrected chi connectivity index (χ0v) is 22.7. The van der Waals surface area contributed by atoms with Crippen molar-refractivity contribution in [2.45, 2.75) is 0 Å². The quantitative estimate of drug-likeness (QED) is 0.285. The maximum absolute atomic E-state index is 5.48. The molecule has 40 heavy (non-hydrogen) atoms. The third kappa shape index (κ3) is 6.47. The standard InChI is InChI=1S/C34H34N4O2/c1-2-4-29(5-3-1)33-26-30(12-6-27-7-13-31(14-8-27)37-18-22-39-23-19-37)35-36-34(33)17-11-28-9-15-32(16-10-28)38-20-24-40-25-21-38/h1-17,26H,18-25H2/b12-6+,17-11+. The third-order valence-electron chi connectivity index (χ3n) is 7.35. The van der Waals surface area contributed by atoms with E-state index < -0.39 is 0 Å². The average Bonchev–Trinajstić information content (AvgIpc) is 3.05. The molecule has 4 aromatic rings. The van der Waals surface area contributed by atoms with Gasteiger partial charge in [0.2, 0.25) is 0 Å². The predicted molar refractivity (Wildman–Crippen MR) is 164 cm³/mol. The second-order valence-corrected chi connectivity index (χ2v) is 9.98. The molecule has 6 heteroatoms. The fourth-order valence-corrected chi connectivity index (χ4v) is 5.06. The van der Waals surface area contributed by atoms with Crippen LogP contribution in [0.2, 0.25) is 0 Å². The van der Waals surface area contributed by atoms with E-state index in [4.69, 9.17) is 9.47 Å². The van der Waals surface area contributed by atoms with E-state index in [9.17, 15) is 0 Å². The Bertz CT molecular complexity index is 1440. The van der Waals surface area contributed by atoms with Crippen molar-refractivity contribution in [1.82, 2.24) is 10.2 Å². The Hall–Kier alpha value is -4.26. The van der Waals surface area contributed by atoms with Crippen molar-refractivity contribution in [2.75, 3.05) is 62.4 Å². The Morgan fingerprint density at radius 3 is 1.62 bits per heavy atom. The minimum atomic E-state index is 0.787. The Balaban J connectivity index is 1.20. The van der Waals surface area contributed by atoms with Gasteiger partial charge in [-0.05, 0) is 59.2 Å². The number of benzene rings is 3. The second kappa shape index (κ2) is 12.7. The second-order valence-electron chi connectivity index (χ2n) is 9.98. The van der Waals surface area contributed by atoms with Crippen LogP contribution in [0.1, 0.15) is 22.5 Å². The van der Waals surface area contributed by atoms with Gasteiger partial charge < -0.3 is 19.3 Å². The number of nitrogens with zero attached hydrogens (tertiary/aromatic N) is 4. The monoisotopic (exact) mass is 530 g/mol. The van der Waals surface area contributed by atoms with E-state index in [2.05, 4.69) is 117 Å². The Labute approximate surface area is 236 Å². The van der Waals surface area contributed by atoms with Crippen molar-refractivity contribution in [3.05, 3.63) is 107 Å². The lowest BCUT2D eigenvalue weighted by molar-refractivity contribution is 0.122. The number of anilines is 2. The summed E-state index contributed by atoms with van der Waals surface area (Å²) in [6, 6.07) is 29.8. The Kier molecular flexibility index (Phi) is 8.27. The summed E-state index contributed by atoms with van der Waals surface area (Å²) < 4.78 is 10.9. The summed E-state index contributed by atoms with van der Waals surface area (Å²) in [6.07, 6.45) is 8.27. The molecule has 0 amide bonds. The first-order chi connectivity index (χ1) is 19.8. The molecule has 2 saturated heterocycles. The first-order valence-electron chi connectivity index (χ1n) is 14.0. The van der Waals surface area contributed by atoms with Gasteiger partial charge in [-0.25, -0.2) is 0 Å². The van der Waals surface area contributed by atoms with E-state index in [1.807, 2.05) is 12.1 Å². The molecule has 0 spiro atoms. The van der Waals surface area contributed by atoms with Crippen molar-refractivity contribution in [2.24, 2.45) is 0 Å². The van der Waals surface area contributed by atoms with Crippen LogP contribution in [0.3, 0.4) is 0 Å². The largest absolute Gasteiger partial charge is 0.378 e. The number of morpholine rings is 2. The summed E-state index contributed by atoms with van der Waals surface area (Å²) in [6.45, 7) is 6.90. The van der Waals surface area contributed by atoms with Crippen molar-refractivity contribution >= 4 is 35.7 Å². The highest BCUT2D eigenvalue weighted by molar-refractivity contribution is 5.81. The molecule has 2 aliphatic rings. The van der Waals surface area contributed by atoms with Gasteiger partial charge in [0, 0.05) is 43.1 Å². The smallest absolute Gasteiger partial charge is 0.0936 e. The summed E-state index contributed by atoms with van der Waals surface area (Å²) in [5.74, 6) is 0. The van der Waals surface area contributed by atoms with Crippen LogP contribution >= 0.6 is 0 Å². The first-order valence-corrected chi connectivity index (χ1v) is 14.0. The van der Waals surface area contributed by atoms with Gasteiger partial charge in [0.05, 0.1) is 37.8 Å². The molecule has 2 fully saturated rings. The highest BCUT2D eigenvalue weighted by Gasteiger charge is 2.12. The molecular weight excluding hydrogens is 496 g/mol. The third-order valence-corrected chi connectivity index (χ3v) is 7.35. The fourth-order valence-electron chi connectivity index (χ4n) is 5.06. The van der Waals surface area contributed by atoms with E-state index in [-0.39, 0.29) is 0 Å². The van der Waals surface area contributed by atoms with Crippen LogP contribution in [0.15, 0.2) is 84.9 Å². The minimum absolute atomic E-state index is 0.787. The number of rotatable bonds is 7. The van der Waals surface area contributed by atoms with Crippen LogP contribution in [0.4, 0.5) is 11.4 Å². The molecule has 0 aliphatic carbocycles. The van der Waals surface area contributed by atoms with Crippen molar-refractivity contribution in [1.29, 1.82) is 0 Å². The minimum Gasteiger partial charge on any atom is -0.378 e. The van der Waals surface area contributed by atoms with Gasteiger partial charge in [0.15, 0.2) is 0 Å². The summed E-state index contributed by atoms with van der Waals surface area (Å²) in [7, 11) is 0. The van der Waals surface area contributed by atoms with Gasteiger partial charge in [0.1, 0.15) is 0 Å². The first kappa shape index (κ1) is 26.0. The zero-order valence-electron chi connectivity index (χ0n) is 22.7. The van der Waals surface area contributed by atoms with Gasteiger partial charge in [0.25, 0.3) is 0 Å². The molecule has 0 radical (unpaired) electrons. The van der Waals surface area contributed by atoms with Gasteiger partial charge in [-0.15, -0.1) is 5.10 Å². The topological polar surface area (TPSA) is 50.7 Å². The summed E-state index contributed by atoms with van der Waals surface area (Å²) in [4.78, 5) is 4.72. The molecule has 0 bridgehead atoms. The number of ether oxygens (including phenoxy) is 2. The lowest BCUT2D eigenvalue weighted by atomic mass is 10.0. The van der Waals surface area contributed by atoms with E-state index >= 15 is 0 Å². The summed E-state index contributed by atoms with van der Waals surface area (Å²) in [5.41, 5.74) is 8.56. The van der Waals surface area contributed by atoms with Crippen molar-refractivity contribution < 1.29 is 9.47 Å². The van der Waals surface area contributed by atoms with Gasteiger partial charge >= 0.3 is 0 Å². The molecule has 202 valence electrons. The molecule has 0 unspecified atom stereocenters. The Morgan fingerprint density at radius 2 is 1.07 bits per heavy atom. The van der Waals surface area contributed by atoms with E-state index in [1.165, 1.54) is 11.4 Å². The van der Waals surface area contributed by atoms with E-state index in [0.29, 0.717) is 0 Å². The van der Waals surface area contributed by atoms with Gasteiger partial charge in [-0.2, -0.15) is 5.10 Å². The molecule has 3 heterocycles. The number of hydrogen-bond acceptors (Lipinski definition) is 6. The molecule has 1 aromatic heterocycles. The Morgan fingerprint density at radius 1 is 0.550 bits per heavy atom. The van der Waals surface area contributed by atoms with E-state index in [0.717, 1.165) is 86.2 Å². The molecule has 0 saturated carbocycles. The van der Waals surface area contributed by atoms with Crippen LogP contribution in [-0.4, -0.2) is 62.8 Å². The summed E-state index contributed by atoms with van der Waals surface area (Å²) in [5, 5.41) is 9.15. The molecule has 6 nitrogen and oxygen atoms in total. The lowest BCUT2D eigenvalue weighted by Gasteiger charge is -2.28. The van der Waals surface area contributed by atoms with Crippen LogP contribution < -0.4 is 9.80 Å². The van der Waals surface area contributed by atoms with Gasteiger partial charge in [-0.1, -0.05) is 66.7 Å². The highest BCUT2D eigenvalue weighted by Crippen LogP contribution is 2.26. The lowest BCUT2D eigenvalue weighted by Crippen LogP contribution is -2.36. The van der Waals surface area contributed by atoms with E-state index in [1.54, 1.807) is 0 Å². The maximum Gasteiger partial charge on any atom is 0.0936 e. The average molecular weight is 531 g/mol. The molecule has 0 N–H and O–H groups in total. The zero-order chi connectivity index (χ0) is 27.0. The van der Waals surface area contributed by atoms with Gasteiger partial charge in [-0.3, -0.25) is 0 Å². The van der Waals surface area contributed by atoms with Crippen molar-refractivity contribution in [3.8, 4) is 11.1 Å². The maximum atomic E-state index is 5.48. The molecule has 6 rings (SSSR count).